The van der Waals surface area contributed by atoms with E-state index in [4.69, 9.17) is 5.11 Å². The molecule has 8 nitrogen and oxygen atoms in total. The third-order valence-corrected chi connectivity index (χ3v) is 11.8. The Kier molecular flexibility index (Phi) is 14.1. The van der Waals surface area contributed by atoms with Gasteiger partial charge in [-0.25, -0.2) is 0 Å². The molecule has 0 spiro atoms. The average molecular weight is 844 g/mol. The first-order valence-corrected chi connectivity index (χ1v) is 21.6. The summed E-state index contributed by atoms with van der Waals surface area (Å²) in [7, 11) is 0. The van der Waals surface area contributed by atoms with Gasteiger partial charge in [0.2, 0.25) is 11.5 Å². The van der Waals surface area contributed by atoms with Gasteiger partial charge >= 0.3 is 0 Å². The molecule has 1 heterocycles. The zero-order valence-electron chi connectivity index (χ0n) is 36.7. The highest BCUT2D eigenvalue weighted by molar-refractivity contribution is 5.88. The van der Waals surface area contributed by atoms with E-state index in [1.54, 1.807) is 19.1 Å². The minimum absolute atomic E-state index is 0.226. The van der Waals surface area contributed by atoms with Crippen LogP contribution in [0.15, 0.2) is 140 Å². The quantitative estimate of drug-likeness (QED) is 0.0742. The van der Waals surface area contributed by atoms with Crippen LogP contribution >= 0.6 is 0 Å². The predicted molar refractivity (Wildman–Crippen MR) is 254 cm³/mol. The summed E-state index contributed by atoms with van der Waals surface area (Å²) in [5, 5.41) is 75.4. The van der Waals surface area contributed by atoms with Crippen LogP contribution in [0.1, 0.15) is 90.3 Å². The molecule has 1 aliphatic carbocycles. The Hall–Kier alpha value is -7.32. The van der Waals surface area contributed by atoms with Gasteiger partial charge in [-0.1, -0.05) is 132 Å². The highest BCUT2D eigenvalue weighted by atomic mass is 16.3. The van der Waals surface area contributed by atoms with E-state index in [9.17, 15) is 30.6 Å². The molecule has 8 N–H and O–H groups in total. The van der Waals surface area contributed by atoms with Gasteiger partial charge in [-0.15, -0.1) is 0 Å². The Balaban J connectivity index is 0.000000243. The molecule has 0 amide bonds. The molecule has 0 bridgehead atoms. The number of phenolic OH excluding ortho intramolecular Hbond substituents is 7. The summed E-state index contributed by atoms with van der Waals surface area (Å²) in [6.07, 6.45) is 5.19. The molecule has 0 saturated heterocycles. The van der Waals surface area contributed by atoms with Crippen LogP contribution < -0.4 is 0 Å². The van der Waals surface area contributed by atoms with Crippen molar-refractivity contribution >= 4 is 10.9 Å². The Labute approximate surface area is 369 Å². The molecule has 0 aliphatic heterocycles. The minimum atomic E-state index is -1.26. The number of nitrogens with one attached hydrogen (secondary N) is 1. The van der Waals surface area contributed by atoms with Gasteiger partial charge in [-0.2, -0.15) is 0 Å². The molecule has 8 heteroatoms. The lowest BCUT2D eigenvalue weighted by Gasteiger charge is -2.37. The molecule has 324 valence electrons. The fourth-order valence-electron chi connectivity index (χ4n) is 8.56. The average Bonchev–Trinajstić information content (AvgIpc) is 3.91. The van der Waals surface area contributed by atoms with E-state index in [0.29, 0.717) is 28.0 Å². The van der Waals surface area contributed by atoms with E-state index >= 15 is 0 Å². The summed E-state index contributed by atoms with van der Waals surface area (Å²) < 4.78 is 0. The van der Waals surface area contributed by atoms with Gasteiger partial charge in [-0.05, 0) is 124 Å². The van der Waals surface area contributed by atoms with Gasteiger partial charge < -0.3 is 40.7 Å². The lowest BCUT2D eigenvalue weighted by atomic mass is 9.64. The Morgan fingerprint density at radius 3 is 1.51 bits per heavy atom. The van der Waals surface area contributed by atoms with Crippen LogP contribution in [-0.2, 0) is 31.1 Å². The van der Waals surface area contributed by atoms with E-state index in [1.807, 2.05) is 105 Å². The largest absolute Gasteiger partial charge is 0.508 e. The number of H-pyrrole nitrogens is 1. The number of hydrogen-bond donors (Lipinski definition) is 8. The third-order valence-electron chi connectivity index (χ3n) is 11.8. The summed E-state index contributed by atoms with van der Waals surface area (Å²) in [5.74, 6) is -2.87. The first kappa shape index (κ1) is 45.2. The number of fused-ring (bicyclic) bond motifs is 4. The second-order valence-corrected chi connectivity index (χ2v) is 15.4. The van der Waals surface area contributed by atoms with Crippen LogP contribution in [0.5, 0.6) is 40.2 Å². The van der Waals surface area contributed by atoms with Gasteiger partial charge in [0.15, 0.2) is 23.0 Å². The van der Waals surface area contributed by atoms with Crippen LogP contribution in [0.25, 0.3) is 22.0 Å². The van der Waals surface area contributed by atoms with Crippen molar-refractivity contribution in [3.05, 3.63) is 195 Å². The Bertz CT molecular complexity index is 2790. The molecular formula is C55H57NO7. The molecule has 0 radical (unpaired) electrons. The molecule has 9 rings (SSSR count). The standard InChI is InChI=1S/C35H30O6.C10H14.C8H7NO.C2H6/c1-3-20-9-8-10-21(15-20)16-24-28(18-30(37)34(41)32(24)39)35(27-17-29(36)33(40)31(38)19(27)2)25-13-6-4-11-22(25)23-12-5-7-14-26(23)35;1-3-9-6-5-7-10(4-2)8-9;10-7-1-2-8-6(5-7)3-4-9-8;1-2/h4-15,17-18,36-41H,3,16H2,1-2H3;5-8H,3-4H2,1-2H3;1-5,9-10H;1-2H3. The molecule has 0 saturated carbocycles. The van der Waals surface area contributed by atoms with E-state index in [2.05, 4.69) is 50.0 Å². The van der Waals surface area contributed by atoms with Crippen LogP contribution in [0.2, 0.25) is 0 Å². The van der Waals surface area contributed by atoms with Gasteiger partial charge in [0.05, 0.1) is 5.41 Å². The van der Waals surface area contributed by atoms with Gasteiger partial charge in [0.25, 0.3) is 0 Å². The highest BCUT2D eigenvalue weighted by Gasteiger charge is 2.49. The molecule has 7 aromatic carbocycles. The second-order valence-electron chi connectivity index (χ2n) is 15.4. The molecule has 63 heavy (non-hydrogen) atoms. The number of aryl methyl sites for hydroxylation is 3. The number of hydrogen-bond acceptors (Lipinski definition) is 7. The maximum Gasteiger partial charge on any atom is 0.200 e. The third kappa shape index (κ3) is 8.75. The molecule has 1 aliphatic rings. The maximum atomic E-state index is 11.4. The number of rotatable bonds is 7. The molecule has 1 aromatic heterocycles. The summed E-state index contributed by atoms with van der Waals surface area (Å²) in [6, 6.07) is 42.2. The topological polar surface area (TPSA) is 157 Å². The lowest BCUT2D eigenvalue weighted by Crippen LogP contribution is -2.31. The van der Waals surface area contributed by atoms with E-state index in [-0.39, 0.29) is 6.42 Å². The van der Waals surface area contributed by atoms with Crippen molar-refractivity contribution in [1.82, 2.24) is 4.98 Å². The van der Waals surface area contributed by atoms with Crippen molar-refractivity contribution in [3.63, 3.8) is 0 Å². The predicted octanol–water partition coefficient (Wildman–Crippen LogP) is 12.5. The normalized spacial score (nSPS) is 11.8. The van der Waals surface area contributed by atoms with E-state index < -0.39 is 39.9 Å². The van der Waals surface area contributed by atoms with Crippen LogP contribution in [-0.4, -0.2) is 40.7 Å². The molecule has 8 aromatic rings. The first-order chi connectivity index (χ1) is 30.4. The van der Waals surface area contributed by atoms with Crippen molar-refractivity contribution in [2.45, 2.75) is 72.6 Å². The minimum Gasteiger partial charge on any atom is -0.508 e. The zero-order chi connectivity index (χ0) is 45.4. The first-order valence-electron chi connectivity index (χ1n) is 21.6. The number of benzene rings is 7. The van der Waals surface area contributed by atoms with Crippen molar-refractivity contribution in [2.75, 3.05) is 0 Å². The van der Waals surface area contributed by atoms with Crippen LogP contribution in [0.4, 0.5) is 0 Å². The number of aromatic nitrogens is 1. The number of phenols is 7. The van der Waals surface area contributed by atoms with Gasteiger partial charge in [0, 0.05) is 29.1 Å². The van der Waals surface area contributed by atoms with Gasteiger partial charge in [-0.3, -0.25) is 0 Å². The highest BCUT2D eigenvalue weighted by Crippen LogP contribution is 2.61. The van der Waals surface area contributed by atoms with E-state index in [0.717, 1.165) is 63.5 Å². The Morgan fingerprint density at radius 2 is 0.952 bits per heavy atom. The van der Waals surface area contributed by atoms with Crippen LogP contribution in [0.3, 0.4) is 0 Å². The van der Waals surface area contributed by atoms with E-state index in [1.165, 1.54) is 23.3 Å². The molecule has 0 unspecified atom stereocenters. The van der Waals surface area contributed by atoms with Crippen molar-refractivity contribution in [3.8, 4) is 51.4 Å². The molecule has 0 atom stereocenters. The second kappa shape index (κ2) is 19.6. The smallest absolute Gasteiger partial charge is 0.200 e. The summed E-state index contributed by atoms with van der Waals surface area (Å²) in [5.41, 5.74) is 9.70. The Morgan fingerprint density at radius 1 is 0.460 bits per heavy atom. The fourth-order valence-corrected chi connectivity index (χ4v) is 8.56. The van der Waals surface area contributed by atoms with Gasteiger partial charge in [0.1, 0.15) is 5.75 Å². The summed E-state index contributed by atoms with van der Waals surface area (Å²) in [4.78, 5) is 3.04. The fraction of sp³-hybridized carbons (Fsp3) is 0.200. The maximum absolute atomic E-state index is 11.4. The molecular weight excluding hydrogens is 787 g/mol. The number of aromatic hydroxyl groups is 7. The summed E-state index contributed by atoms with van der Waals surface area (Å²) >= 11 is 0. The monoisotopic (exact) mass is 843 g/mol. The van der Waals surface area contributed by atoms with Crippen molar-refractivity contribution < 1.29 is 35.7 Å². The summed E-state index contributed by atoms with van der Waals surface area (Å²) in [6.45, 7) is 12.1. The molecule has 0 fully saturated rings. The van der Waals surface area contributed by atoms with Crippen LogP contribution in [0, 0.1) is 6.92 Å². The SMILES string of the molecule is CC.CCc1cccc(CC)c1.CCc1cccc(Cc2c(C3(c4cc(O)c(O)c(O)c4C)c4ccccc4-c4ccccc43)cc(O)c(O)c2O)c1.Oc1ccc2[nH]ccc2c1. The van der Waals surface area contributed by atoms with Crippen molar-refractivity contribution in [2.24, 2.45) is 0 Å². The lowest BCUT2D eigenvalue weighted by molar-refractivity contribution is 0.362. The van der Waals surface area contributed by atoms with Crippen molar-refractivity contribution in [1.29, 1.82) is 0 Å². The zero-order valence-corrected chi connectivity index (χ0v) is 36.7. The number of aromatic amines is 1.